The van der Waals surface area contributed by atoms with Crippen molar-refractivity contribution in [2.24, 2.45) is 5.41 Å². The Morgan fingerprint density at radius 3 is 2.80 bits per heavy atom. The molecule has 0 bridgehead atoms. The molecule has 2 rings (SSSR count). The Hall–Kier alpha value is -0.510. The van der Waals surface area contributed by atoms with Crippen LogP contribution < -0.4 is 5.32 Å². The fraction of sp³-hybridized carbons (Fsp3) is 0.647. The molecule has 0 radical (unpaired) electrons. The van der Waals surface area contributed by atoms with E-state index in [0.29, 0.717) is 12.6 Å². The van der Waals surface area contributed by atoms with Crippen LogP contribution in [0.5, 0.6) is 0 Å². The van der Waals surface area contributed by atoms with E-state index >= 15 is 0 Å². The molecular weight excluding hydrogens is 266 g/mol. The van der Waals surface area contributed by atoms with Gasteiger partial charge in [-0.2, -0.15) is 11.8 Å². The van der Waals surface area contributed by atoms with Crippen LogP contribution in [0.15, 0.2) is 24.3 Å². The molecule has 1 aromatic carbocycles. The number of thioether (sulfide) groups is 1. The van der Waals surface area contributed by atoms with Gasteiger partial charge >= 0.3 is 0 Å². The standard InChI is InChI=1S/C17H27NOS/c1-16(2)10-9-13-7-5-6-8-14(13)15(16)18-11-17(3,19)12-20-4/h5-8,15,18-19H,9-12H2,1-4H3. The second kappa shape index (κ2) is 6.08. The highest BCUT2D eigenvalue weighted by atomic mass is 32.2. The zero-order valence-electron chi connectivity index (χ0n) is 13.1. The van der Waals surface area contributed by atoms with Crippen molar-refractivity contribution in [1.82, 2.24) is 5.32 Å². The summed E-state index contributed by atoms with van der Waals surface area (Å²) in [6.07, 6.45) is 4.38. The van der Waals surface area contributed by atoms with Crippen molar-refractivity contribution in [3.8, 4) is 0 Å². The molecular formula is C17H27NOS. The van der Waals surface area contributed by atoms with Gasteiger partial charge in [0.15, 0.2) is 0 Å². The van der Waals surface area contributed by atoms with E-state index in [1.807, 2.05) is 13.2 Å². The van der Waals surface area contributed by atoms with Gasteiger partial charge in [-0.3, -0.25) is 0 Å². The summed E-state index contributed by atoms with van der Waals surface area (Å²) in [4.78, 5) is 0. The predicted molar refractivity (Wildman–Crippen MR) is 88.3 cm³/mol. The number of hydrogen-bond acceptors (Lipinski definition) is 3. The van der Waals surface area contributed by atoms with E-state index in [-0.39, 0.29) is 5.41 Å². The Kier molecular flexibility index (Phi) is 4.83. The minimum atomic E-state index is -0.651. The lowest BCUT2D eigenvalue weighted by Crippen LogP contribution is -2.46. The maximum atomic E-state index is 10.4. The normalized spacial score (nSPS) is 23.9. The number of benzene rings is 1. The van der Waals surface area contributed by atoms with Crippen molar-refractivity contribution in [3.63, 3.8) is 0 Å². The molecule has 20 heavy (non-hydrogen) atoms. The largest absolute Gasteiger partial charge is 0.388 e. The van der Waals surface area contributed by atoms with Gasteiger partial charge in [0.25, 0.3) is 0 Å². The van der Waals surface area contributed by atoms with Crippen LogP contribution in [0.25, 0.3) is 0 Å². The fourth-order valence-corrected chi connectivity index (χ4v) is 3.86. The van der Waals surface area contributed by atoms with Crippen molar-refractivity contribution in [2.45, 2.75) is 45.3 Å². The minimum Gasteiger partial charge on any atom is -0.388 e. The van der Waals surface area contributed by atoms with Gasteiger partial charge in [-0.05, 0) is 42.6 Å². The van der Waals surface area contributed by atoms with E-state index in [4.69, 9.17) is 0 Å². The highest BCUT2D eigenvalue weighted by Crippen LogP contribution is 2.43. The molecule has 0 heterocycles. The van der Waals surface area contributed by atoms with Gasteiger partial charge in [-0.15, -0.1) is 0 Å². The van der Waals surface area contributed by atoms with Crippen LogP contribution >= 0.6 is 11.8 Å². The quantitative estimate of drug-likeness (QED) is 0.872. The van der Waals surface area contributed by atoms with E-state index in [2.05, 4.69) is 43.4 Å². The monoisotopic (exact) mass is 293 g/mol. The minimum absolute atomic E-state index is 0.226. The molecule has 0 saturated heterocycles. The molecule has 1 aliphatic rings. The van der Waals surface area contributed by atoms with Gasteiger partial charge in [0, 0.05) is 18.3 Å². The molecule has 0 aliphatic heterocycles. The highest BCUT2D eigenvalue weighted by Gasteiger charge is 2.36. The average molecular weight is 293 g/mol. The van der Waals surface area contributed by atoms with E-state index < -0.39 is 5.60 Å². The topological polar surface area (TPSA) is 32.3 Å². The maximum Gasteiger partial charge on any atom is 0.0833 e. The van der Waals surface area contributed by atoms with Crippen molar-refractivity contribution >= 4 is 11.8 Å². The molecule has 0 spiro atoms. The Balaban J connectivity index is 2.16. The highest BCUT2D eigenvalue weighted by molar-refractivity contribution is 7.98. The molecule has 2 nitrogen and oxygen atoms in total. The molecule has 0 fully saturated rings. The van der Waals surface area contributed by atoms with Gasteiger partial charge < -0.3 is 10.4 Å². The van der Waals surface area contributed by atoms with Crippen LogP contribution in [0.4, 0.5) is 0 Å². The van der Waals surface area contributed by atoms with Gasteiger partial charge in [0.1, 0.15) is 0 Å². The summed E-state index contributed by atoms with van der Waals surface area (Å²) in [6.45, 7) is 7.20. The van der Waals surface area contributed by atoms with E-state index in [1.54, 1.807) is 11.8 Å². The number of aliphatic hydroxyl groups is 1. The summed E-state index contributed by atoms with van der Waals surface area (Å²) in [5.41, 5.74) is 2.43. The van der Waals surface area contributed by atoms with Crippen molar-refractivity contribution < 1.29 is 5.11 Å². The Morgan fingerprint density at radius 2 is 2.10 bits per heavy atom. The third-order valence-corrected chi connectivity index (χ3v) is 5.24. The van der Waals surface area contributed by atoms with Crippen molar-refractivity contribution in [3.05, 3.63) is 35.4 Å². The molecule has 1 aromatic rings. The fourth-order valence-electron chi connectivity index (χ4n) is 3.14. The second-order valence-corrected chi connectivity index (χ2v) is 7.80. The first kappa shape index (κ1) is 15.9. The van der Waals surface area contributed by atoms with Gasteiger partial charge in [0.2, 0.25) is 0 Å². The van der Waals surface area contributed by atoms with Crippen LogP contribution in [0.3, 0.4) is 0 Å². The molecule has 2 N–H and O–H groups in total. The van der Waals surface area contributed by atoms with Crippen molar-refractivity contribution in [1.29, 1.82) is 0 Å². The lowest BCUT2D eigenvalue weighted by atomic mass is 9.70. The lowest BCUT2D eigenvalue weighted by Gasteiger charge is -2.42. The molecule has 0 amide bonds. The SMILES string of the molecule is CSCC(C)(O)CNC1c2ccccc2CCC1(C)C. The first-order chi connectivity index (χ1) is 9.36. The van der Waals surface area contributed by atoms with Gasteiger partial charge in [0.05, 0.1) is 5.60 Å². The van der Waals surface area contributed by atoms with Crippen LogP contribution in [0, 0.1) is 5.41 Å². The molecule has 1 aliphatic carbocycles. The predicted octanol–water partition coefficient (Wildman–Crippen LogP) is 3.40. The number of rotatable bonds is 5. The third-order valence-electron chi connectivity index (χ3n) is 4.33. The number of hydrogen-bond donors (Lipinski definition) is 2. The van der Waals surface area contributed by atoms with Crippen LogP contribution in [0.1, 0.15) is 44.4 Å². The van der Waals surface area contributed by atoms with E-state index in [1.165, 1.54) is 17.5 Å². The van der Waals surface area contributed by atoms with Crippen LogP contribution in [0.2, 0.25) is 0 Å². The molecule has 2 atom stereocenters. The smallest absolute Gasteiger partial charge is 0.0833 e. The summed E-state index contributed by atoms with van der Waals surface area (Å²) in [7, 11) is 0. The molecule has 3 heteroatoms. The number of nitrogens with one attached hydrogen (secondary N) is 1. The Bertz CT molecular complexity index is 456. The maximum absolute atomic E-state index is 10.4. The van der Waals surface area contributed by atoms with Crippen LogP contribution in [-0.4, -0.2) is 29.3 Å². The van der Waals surface area contributed by atoms with E-state index in [9.17, 15) is 5.11 Å². The zero-order valence-corrected chi connectivity index (χ0v) is 13.9. The zero-order chi connectivity index (χ0) is 14.8. The number of fused-ring (bicyclic) bond motifs is 1. The second-order valence-electron chi connectivity index (χ2n) is 6.93. The summed E-state index contributed by atoms with van der Waals surface area (Å²) in [5.74, 6) is 0.759. The molecule has 112 valence electrons. The Morgan fingerprint density at radius 1 is 1.40 bits per heavy atom. The number of aryl methyl sites for hydroxylation is 1. The first-order valence-corrected chi connectivity index (χ1v) is 8.78. The van der Waals surface area contributed by atoms with Gasteiger partial charge in [-0.25, -0.2) is 0 Å². The summed E-state index contributed by atoms with van der Waals surface area (Å²) in [6, 6.07) is 9.03. The third kappa shape index (κ3) is 3.57. The molecule has 2 unspecified atom stereocenters. The summed E-state index contributed by atoms with van der Waals surface area (Å²) >= 11 is 1.69. The first-order valence-electron chi connectivity index (χ1n) is 7.38. The summed E-state index contributed by atoms with van der Waals surface area (Å²) in [5, 5.41) is 14.0. The van der Waals surface area contributed by atoms with Crippen LogP contribution in [-0.2, 0) is 6.42 Å². The van der Waals surface area contributed by atoms with Gasteiger partial charge in [-0.1, -0.05) is 38.1 Å². The molecule has 0 saturated carbocycles. The average Bonchev–Trinajstić information content (AvgIpc) is 2.37. The van der Waals surface area contributed by atoms with Crippen molar-refractivity contribution in [2.75, 3.05) is 18.6 Å². The summed E-state index contributed by atoms with van der Waals surface area (Å²) < 4.78 is 0. The van der Waals surface area contributed by atoms with E-state index in [0.717, 1.165) is 12.2 Å². The Labute approximate surface area is 127 Å². The lowest BCUT2D eigenvalue weighted by molar-refractivity contribution is 0.0708. The molecule has 0 aromatic heterocycles.